The summed E-state index contributed by atoms with van der Waals surface area (Å²) in [5.74, 6) is -1.56. The highest BCUT2D eigenvalue weighted by Gasteiger charge is 2.15. The number of ether oxygens (including phenoxy) is 2. The number of carbonyl (C=O) groups is 4. The molecule has 14 nitrogen and oxygen atoms in total. The minimum absolute atomic E-state index is 0.222. The predicted molar refractivity (Wildman–Crippen MR) is 179 cm³/mol. The van der Waals surface area contributed by atoms with E-state index in [1.54, 1.807) is 60.7 Å². The third-order valence-corrected chi connectivity index (χ3v) is 7.48. The lowest BCUT2D eigenvalue weighted by Crippen LogP contribution is -2.15. The summed E-state index contributed by atoms with van der Waals surface area (Å²) in [5, 5.41) is 21.7. The molecular weight excluding hydrogens is 640 g/mol. The van der Waals surface area contributed by atoms with Gasteiger partial charge in [0.15, 0.2) is 13.2 Å². The third-order valence-electron chi connectivity index (χ3n) is 7.48. The zero-order chi connectivity index (χ0) is 35.6. The number of benzene rings is 4. The lowest BCUT2D eigenvalue weighted by molar-refractivity contribution is 0.0472. The fourth-order valence-electron chi connectivity index (χ4n) is 4.81. The topological polar surface area (TPSA) is 174 Å². The van der Waals surface area contributed by atoms with E-state index >= 15 is 0 Å². The number of nitrogens with zero attached hydrogens (tertiary/aromatic N) is 8. The second kappa shape index (κ2) is 15.9. The number of tetrazole rings is 2. The van der Waals surface area contributed by atoms with Crippen LogP contribution in [-0.4, -0.2) is 77.1 Å². The number of aromatic nitrogens is 8. The van der Waals surface area contributed by atoms with Crippen LogP contribution in [0.2, 0.25) is 0 Å². The molecule has 0 saturated heterocycles. The van der Waals surface area contributed by atoms with E-state index in [1.807, 2.05) is 52.0 Å². The van der Waals surface area contributed by atoms with E-state index in [0.29, 0.717) is 33.6 Å². The Morgan fingerprint density at radius 2 is 1.00 bits per heavy atom. The number of hydrogen-bond acceptors (Lipinski definition) is 12. The van der Waals surface area contributed by atoms with Crippen molar-refractivity contribution in [3.8, 4) is 11.4 Å². The lowest BCUT2D eigenvalue weighted by Gasteiger charge is -2.08. The molecule has 0 aliphatic carbocycles. The molecule has 0 fully saturated rings. The Balaban J connectivity index is 0.000000194. The molecule has 0 atom stereocenters. The maximum absolute atomic E-state index is 12.3. The van der Waals surface area contributed by atoms with E-state index in [4.69, 9.17) is 9.47 Å². The first-order valence-electron chi connectivity index (χ1n) is 15.3. The molecule has 14 heteroatoms. The average Bonchev–Trinajstić information content (AvgIpc) is 3.87. The van der Waals surface area contributed by atoms with Crippen molar-refractivity contribution in [2.24, 2.45) is 0 Å². The van der Waals surface area contributed by atoms with Crippen LogP contribution in [0.1, 0.15) is 63.7 Å². The summed E-state index contributed by atoms with van der Waals surface area (Å²) in [6, 6.07) is 24.3. The summed E-state index contributed by atoms with van der Waals surface area (Å²) < 4.78 is 13.2. The number of esters is 2. The molecule has 2 aromatic heterocycles. The van der Waals surface area contributed by atoms with Gasteiger partial charge < -0.3 is 9.47 Å². The number of Topliss-reactive ketones (excluding diaryl/α,β-unsaturated/α-hetero) is 2. The van der Waals surface area contributed by atoms with Crippen molar-refractivity contribution in [2.45, 2.75) is 27.7 Å². The summed E-state index contributed by atoms with van der Waals surface area (Å²) in [6.07, 6.45) is 2.91. The number of hydrogen-bond donors (Lipinski definition) is 0. The minimum Gasteiger partial charge on any atom is -0.454 e. The van der Waals surface area contributed by atoms with Gasteiger partial charge >= 0.3 is 11.9 Å². The molecular formula is C36H32N8O6. The number of carbonyl (C=O) groups excluding carboxylic acids is 4. The second-order valence-corrected chi connectivity index (χ2v) is 11.2. The second-order valence-electron chi connectivity index (χ2n) is 11.2. The normalized spacial score (nSPS) is 10.5. The summed E-state index contributed by atoms with van der Waals surface area (Å²) in [7, 11) is 0. The molecule has 50 heavy (non-hydrogen) atoms. The van der Waals surface area contributed by atoms with Gasteiger partial charge in [-0.15, -0.1) is 10.2 Å². The number of rotatable bonds is 10. The Bertz CT molecular complexity index is 2110. The maximum atomic E-state index is 12.3. The van der Waals surface area contributed by atoms with Crippen LogP contribution in [0.25, 0.3) is 11.4 Å². The number of aryl methyl sites for hydroxylation is 4. The summed E-state index contributed by atoms with van der Waals surface area (Å²) in [5.41, 5.74) is 7.06. The molecule has 0 amide bonds. The van der Waals surface area contributed by atoms with Gasteiger partial charge in [-0.05, 0) is 114 Å². The van der Waals surface area contributed by atoms with Crippen LogP contribution < -0.4 is 0 Å². The summed E-state index contributed by atoms with van der Waals surface area (Å²) >= 11 is 0. The Morgan fingerprint density at radius 1 is 0.540 bits per heavy atom. The van der Waals surface area contributed by atoms with Crippen LogP contribution >= 0.6 is 0 Å². The van der Waals surface area contributed by atoms with E-state index in [9.17, 15) is 19.2 Å². The van der Waals surface area contributed by atoms with E-state index in [0.717, 1.165) is 22.3 Å². The molecule has 0 aliphatic heterocycles. The first-order chi connectivity index (χ1) is 24.1. The van der Waals surface area contributed by atoms with Crippen LogP contribution in [-0.2, 0) is 9.47 Å². The summed E-state index contributed by atoms with van der Waals surface area (Å²) in [6.45, 7) is 7.00. The van der Waals surface area contributed by atoms with Gasteiger partial charge in [0, 0.05) is 11.1 Å². The molecule has 0 aliphatic rings. The van der Waals surface area contributed by atoms with E-state index in [1.165, 1.54) is 22.0 Å². The standard InChI is InChI=1S/2C18H16N4O3/c1-12-3-8-16(13(2)9-12)17(23)10-25-18(24)14-4-6-15(7-5-14)22-11-19-20-21-22;1-12-3-4-13(2)16(9-12)17(23)10-25-18(24)14-5-7-15(8-6-14)22-11-19-20-21-22/h2*3-9,11H,10H2,1-2H3. The zero-order valence-corrected chi connectivity index (χ0v) is 27.7. The van der Waals surface area contributed by atoms with Gasteiger partial charge in [0.05, 0.1) is 22.5 Å². The molecule has 0 bridgehead atoms. The van der Waals surface area contributed by atoms with Gasteiger partial charge in [0.2, 0.25) is 11.6 Å². The van der Waals surface area contributed by atoms with Crippen molar-refractivity contribution in [3.63, 3.8) is 0 Å². The maximum Gasteiger partial charge on any atom is 0.338 e. The summed E-state index contributed by atoms with van der Waals surface area (Å²) in [4.78, 5) is 48.7. The SMILES string of the molecule is Cc1ccc(C(=O)COC(=O)c2ccc(-n3cnnn3)cc2)c(C)c1.Cc1ccc(C)c(C(=O)COC(=O)c2ccc(-n3cnnn3)cc2)c1. The quantitative estimate of drug-likeness (QED) is 0.146. The van der Waals surface area contributed by atoms with Crippen molar-refractivity contribution >= 4 is 23.5 Å². The molecule has 6 rings (SSSR count). The van der Waals surface area contributed by atoms with Crippen molar-refractivity contribution in [3.05, 3.63) is 142 Å². The largest absolute Gasteiger partial charge is 0.454 e. The Morgan fingerprint density at radius 3 is 1.46 bits per heavy atom. The van der Waals surface area contributed by atoms with Crippen molar-refractivity contribution in [1.29, 1.82) is 0 Å². The van der Waals surface area contributed by atoms with Gasteiger partial charge in [-0.1, -0.05) is 41.5 Å². The average molecular weight is 673 g/mol. The highest BCUT2D eigenvalue weighted by Crippen LogP contribution is 2.15. The molecule has 2 heterocycles. The van der Waals surface area contributed by atoms with Gasteiger partial charge in [0.1, 0.15) is 12.7 Å². The highest BCUT2D eigenvalue weighted by atomic mass is 16.5. The smallest absolute Gasteiger partial charge is 0.338 e. The molecule has 4 aromatic carbocycles. The van der Waals surface area contributed by atoms with Gasteiger partial charge in [0.25, 0.3) is 0 Å². The predicted octanol–water partition coefficient (Wildman–Crippen LogP) is 4.64. The van der Waals surface area contributed by atoms with Crippen molar-refractivity contribution in [1.82, 2.24) is 40.4 Å². The molecule has 0 spiro atoms. The van der Waals surface area contributed by atoms with Crippen LogP contribution in [0.5, 0.6) is 0 Å². The Hall–Kier alpha value is -6.70. The van der Waals surface area contributed by atoms with Crippen LogP contribution in [0, 0.1) is 27.7 Å². The van der Waals surface area contributed by atoms with Gasteiger partial charge in [-0.2, -0.15) is 0 Å². The molecule has 0 saturated carbocycles. The highest BCUT2D eigenvalue weighted by molar-refractivity contribution is 6.01. The Labute approximate surface area is 286 Å². The first-order valence-corrected chi connectivity index (χ1v) is 15.3. The van der Waals surface area contributed by atoms with Crippen LogP contribution in [0.3, 0.4) is 0 Å². The van der Waals surface area contributed by atoms with Gasteiger partial charge in [-0.25, -0.2) is 19.0 Å². The molecule has 0 N–H and O–H groups in total. The third kappa shape index (κ3) is 8.80. The minimum atomic E-state index is -0.554. The zero-order valence-electron chi connectivity index (χ0n) is 27.7. The number of ketones is 2. The monoisotopic (exact) mass is 672 g/mol. The molecule has 6 aromatic rings. The lowest BCUT2D eigenvalue weighted by atomic mass is 10.0. The van der Waals surface area contributed by atoms with Gasteiger partial charge in [-0.3, -0.25) is 9.59 Å². The fourth-order valence-corrected chi connectivity index (χ4v) is 4.81. The van der Waals surface area contributed by atoms with Crippen LogP contribution in [0.4, 0.5) is 0 Å². The van der Waals surface area contributed by atoms with Crippen molar-refractivity contribution < 1.29 is 28.7 Å². The Kier molecular flexibility index (Phi) is 11.0. The molecule has 0 radical (unpaired) electrons. The fraction of sp³-hybridized carbons (Fsp3) is 0.167. The van der Waals surface area contributed by atoms with E-state index < -0.39 is 11.9 Å². The van der Waals surface area contributed by atoms with Crippen LogP contribution in [0.15, 0.2) is 97.6 Å². The molecule has 252 valence electrons. The van der Waals surface area contributed by atoms with E-state index in [-0.39, 0.29) is 24.8 Å². The van der Waals surface area contributed by atoms with E-state index in [2.05, 4.69) is 31.1 Å². The van der Waals surface area contributed by atoms with Crippen molar-refractivity contribution in [2.75, 3.05) is 13.2 Å². The first kappa shape index (κ1) is 34.6. The molecule has 0 unspecified atom stereocenters.